The molecule has 3 aromatic rings. The topological polar surface area (TPSA) is 111 Å². The van der Waals surface area contributed by atoms with Crippen LogP contribution in [0, 0.1) is 40.8 Å². The number of fused-ring (bicyclic) bond motifs is 6. The molecule has 33 heavy (non-hydrogen) atoms. The van der Waals surface area contributed by atoms with E-state index in [9.17, 15) is 19.2 Å². The van der Waals surface area contributed by atoms with Gasteiger partial charge in [0.1, 0.15) is 11.9 Å². The van der Waals surface area contributed by atoms with Gasteiger partial charge in [0.2, 0.25) is 5.91 Å². The van der Waals surface area contributed by atoms with E-state index in [1.807, 2.05) is 0 Å². The fourth-order valence-corrected chi connectivity index (χ4v) is 6.24. The van der Waals surface area contributed by atoms with Crippen molar-refractivity contribution in [3.05, 3.63) is 58.3 Å². The van der Waals surface area contributed by atoms with Gasteiger partial charge >= 0.3 is 5.76 Å². The number of halogens is 1. The van der Waals surface area contributed by atoms with Crippen LogP contribution in [0.4, 0.5) is 4.39 Å². The smallest absolute Gasteiger partial charge is 0.408 e. The minimum atomic E-state index is -0.807. The van der Waals surface area contributed by atoms with E-state index in [4.69, 9.17) is 4.42 Å². The molecule has 1 saturated heterocycles. The Labute approximate surface area is 189 Å². The van der Waals surface area contributed by atoms with Crippen molar-refractivity contribution in [1.82, 2.24) is 15.6 Å². The monoisotopic (exact) mass is 446 g/mol. The summed E-state index contributed by atoms with van der Waals surface area (Å²) in [4.78, 5) is 26.8. The average molecular weight is 446 g/mol. The zero-order valence-corrected chi connectivity index (χ0v) is 18.0. The predicted octanol–water partition coefficient (Wildman–Crippen LogP) is 2.72. The van der Waals surface area contributed by atoms with Gasteiger partial charge in [-0.25, -0.2) is 9.18 Å². The normalized spacial score (nSPS) is 30.1. The van der Waals surface area contributed by atoms with E-state index in [2.05, 4.69) is 28.6 Å². The van der Waals surface area contributed by atoms with Crippen LogP contribution in [0.25, 0.3) is 22.2 Å². The molecule has 3 fully saturated rings. The summed E-state index contributed by atoms with van der Waals surface area (Å²) in [6.45, 7) is 2.24. The van der Waals surface area contributed by atoms with Crippen LogP contribution in [0.3, 0.4) is 0 Å². The van der Waals surface area contributed by atoms with Crippen molar-refractivity contribution in [2.75, 3.05) is 0 Å². The molecular weight excluding hydrogens is 423 g/mol. The number of hydrogen-bond acceptors (Lipinski definition) is 5. The van der Waals surface area contributed by atoms with Crippen molar-refractivity contribution in [2.24, 2.45) is 23.7 Å². The zero-order chi connectivity index (χ0) is 22.9. The molecule has 6 rings (SSSR count). The van der Waals surface area contributed by atoms with E-state index in [-0.39, 0.29) is 18.4 Å². The van der Waals surface area contributed by atoms with E-state index >= 15 is 0 Å². The minimum absolute atomic E-state index is 0.0890. The van der Waals surface area contributed by atoms with Gasteiger partial charge in [-0.1, -0.05) is 25.1 Å². The molecular formula is C25H23FN4O3. The lowest BCUT2D eigenvalue weighted by Gasteiger charge is -2.23. The van der Waals surface area contributed by atoms with Crippen molar-refractivity contribution in [3.63, 3.8) is 0 Å². The fourth-order valence-electron chi connectivity index (χ4n) is 6.24. The van der Waals surface area contributed by atoms with Gasteiger partial charge in [0.15, 0.2) is 5.58 Å². The summed E-state index contributed by atoms with van der Waals surface area (Å²) in [5, 5.41) is 15.8. The first kappa shape index (κ1) is 20.2. The van der Waals surface area contributed by atoms with Crippen molar-refractivity contribution in [1.29, 1.82) is 5.26 Å². The second kappa shape index (κ2) is 7.29. The number of H-pyrrole nitrogens is 1. The van der Waals surface area contributed by atoms with Crippen LogP contribution in [0.1, 0.15) is 18.9 Å². The lowest BCUT2D eigenvalue weighted by Crippen LogP contribution is -2.51. The highest BCUT2D eigenvalue weighted by molar-refractivity contribution is 5.84. The van der Waals surface area contributed by atoms with Crippen molar-refractivity contribution >= 4 is 17.0 Å². The van der Waals surface area contributed by atoms with Crippen LogP contribution < -0.4 is 16.4 Å². The molecule has 2 saturated carbocycles. The fraction of sp³-hybridized carbons (Fsp3) is 0.400. The molecule has 6 unspecified atom stereocenters. The van der Waals surface area contributed by atoms with Crippen molar-refractivity contribution in [2.45, 2.75) is 37.9 Å². The second-order valence-corrected chi connectivity index (χ2v) is 9.59. The maximum absolute atomic E-state index is 14.9. The Kier molecular flexibility index (Phi) is 4.46. The number of rotatable bonds is 5. The average Bonchev–Trinajstić information content (AvgIpc) is 3.15. The summed E-state index contributed by atoms with van der Waals surface area (Å²) in [5.41, 5.74) is 2.70. The third-order valence-corrected chi connectivity index (χ3v) is 7.81. The van der Waals surface area contributed by atoms with Crippen LogP contribution in [-0.4, -0.2) is 29.0 Å². The van der Waals surface area contributed by atoms with Gasteiger partial charge in [-0.05, 0) is 65.0 Å². The van der Waals surface area contributed by atoms with E-state index in [1.54, 1.807) is 30.3 Å². The van der Waals surface area contributed by atoms with Crippen LogP contribution in [0.5, 0.6) is 0 Å². The van der Waals surface area contributed by atoms with Crippen molar-refractivity contribution < 1.29 is 13.6 Å². The number of piperidine rings is 1. The molecule has 0 spiro atoms. The van der Waals surface area contributed by atoms with Crippen molar-refractivity contribution in [3.8, 4) is 17.2 Å². The molecule has 2 heterocycles. The Morgan fingerprint density at radius 2 is 2.06 bits per heavy atom. The number of carbonyl (C=O) groups excluding carboxylic acids is 1. The Morgan fingerprint density at radius 1 is 1.27 bits per heavy atom. The first-order chi connectivity index (χ1) is 15.9. The van der Waals surface area contributed by atoms with Gasteiger partial charge in [-0.2, -0.15) is 5.26 Å². The van der Waals surface area contributed by atoms with Gasteiger partial charge < -0.3 is 15.1 Å². The lowest BCUT2D eigenvalue weighted by atomic mass is 9.94. The van der Waals surface area contributed by atoms with Gasteiger partial charge in [0.05, 0.1) is 17.6 Å². The molecule has 1 amide bonds. The largest absolute Gasteiger partial charge is 0.417 e. The molecule has 1 aliphatic heterocycles. The number of hydrogen-bond donors (Lipinski definition) is 3. The lowest BCUT2D eigenvalue weighted by molar-refractivity contribution is -0.124. The SMILES string of the molecule is CC1C2C3CC(C(C(=O)N[C@H](C#N)Cc4ccc(-c5ccc6oc(=O)[nH]c6c5)cc4F)N3)C12. The van der Waals surface area contributed by atoms with Gasteiger partial charge in [0.25, 0.3) is 0 Å². The van der Waals surface area contributed by atoms with E-state index in [0.29, 0.717) is 51.9 Å². The van der Waals surface area contributed by atoms with Gasteiger partial charge in [-0.3, -0.25) is 9.78 Å². The molecule has 2 aliphatic carbocycles. The summed E-state index contributed by atoms with van der Waals surface area (Å²) >= 11 is 0. The number of carbonyl (C=O) groups is 1. The standard InChI is InChI=1S/C25H23FN4O3/c1-11-21-16-9-19(22(11)21)29-23(16)24(31)28-15(10-27)6-14-3-2-12(7-17(14)26)13-4-5-20-18(8-13)30-25(32)33-20/h2-5,7-8,11,15-16,19,21-23,29H,6,9H2,1H3,(H,28,31)(H,30,32)/t11?,15-,16?,19?,21?,22?,23?/m0/s1. The second-order valence-electron chi connectivity index (χ2n) is 9.59. The van der Waals surface area contributed by atoms with Crippen LogP contribution >= 0.6 is 0 Å². The molecule has 2 bridgehead atoms. The maximum Gasteiger partial charge on any atom is 0.417 e. The molecule has 7 nitrogen and oxygen atoms in total. The number of amides is 1. The number of nitriles is 1. The first-order valence-electron chi connectivity index (χ1n) is 11.3. The quantitative estimate of drug-likeness (QED) is 0.558. The van der Waals surface area contributed by atoms with E-state index in [0.717, 1.165) is 12.0 Å². The summed E-state index contributed by atoms with van der Waals surface area (Å²) in [7, 11) is 0. The highest BCUT2D eigenvalue weighted by atomic mass is 19.1. The third-order valence-electron chi connectivity index (χ3n) is 7.81. The van der Waals surface area contributed by atoms with E-state index < -0.39 is 17.6 Å². The summed E-state index contributed by atoms with van der Waals surface area (Å²) < 4.78 is 19.9. The molecule has 7 atom stereocenters. The Bertz CT molecular complexity index is 1370. The Morgan fingerprint density at radius 3 is 2.82 bits per heavy atom. The highest BCUT2D eigenvalue weighted by Gasteiger charge is 2.67. The molecule has 2 aromatic carbocycles. The third kappa shape index (κ3) is 3.26. The van der Waals surface area contributed by atoms with E-state index in [1.165, 1.54) is 6.07 Å². The Hall–Kier alpha value is -3.44. The molecule has 168 valence electrons. The van der Waals surface area contributed by atoms with Crippen LogP contribution in [0.15, 0.2) is 45.6 Å². The minimum Gasteiger partial charge on any atom is -0.408 e. The van der Waals surface area contributed by atoms with Gasteiger partial charge in [-0.15, -0.1) is 0 Å². The Balaban J connectivity index is 1.15. The summed E-state index contributed by atoms with van der Waals surface area (Å²) in [6.07, 6.45) is 1.12. The van der Waals surface area contributed by atoms with Crippen LogP contribution in [0.2, 0.25) is 0 Å². The number of nitrogens with zero attached hydrogens (tertiary/aromatic N) is 1. The number of aromatic amines is 1. The number of benzene rings is 2. The van der Waals surface area contributed by atoms with Crippen LogP contribution in [-0.2, 0) is 11.2 Å². The maximum atomic E-state index is 14.9. The zero-order valence-electron chi connectivity index (χ0n) is 18.0. The predicted molar refractivity (Wildman–Crippen MR) is 118 cm³/mol. The number of oxazole rings is 1. The number of nitrogens with one attached hydrogen (secondary N) is 3. The molecule has 8 heteroatoms. The highest BCUT2D eigenvalue weighted by Crippen LogP contribution is 2.64. The molecule has 3 N–H and O–H groups in total. The first-order valence-corrected chi connectivity index (χ1v) is 11.3. The molecule has 3 aliphatic rings. The van der Waals surface area contributed by atoms with Gasteiger partial charge in [0, 0.05) is 12.5 Å². The summed E-state index contributed by atoms with van der Waals surface area (Å²) in [6, 6.07) is 11.4. The number of aromatic nitrogens is 1. The molecule has 0 radical (unpaired) electrons. The summed E-state index contributed by atoms with van der Waals surface area (Å²) in [5.74, 6) is 1.19. The molecule has 1 aromatic heterocycles.